The van der Waals surface area contributed by atoms with Gasteiger partial charge in [0.25, 0.3) is 0 Å². The number of carbonyl (C=O) groups is 1. The Kier molecular flexibility index (Phi) is 6.60. The van der Waals surface area contributed by atoms with Crippen LogP contribution in [0, 0.1) is 0 Å². The summed E-state index contributed by atoms with van der Waals surface area (Å²) in [4.78, 5) is 12.7. The molecule has 0 aliphatic heterocycles. The van der Waals surface area contributed by atoms with E-state index in [4.69, 9.17) is 9.47 Å². The molecule has 28 heavy (non-hydrogen) atoms. The van der Waals surface area contributed by atoms with E-state index >= 15 is 0 Å². The number of hydrogen-bond donors (Lipinski definition) is 1. The van der Waals surface area contributed by atoms with Crippen molar-refractivity contribution in [2.45, 2.75) is 24.8 Å². The van der Waals surface area contributed by atoms with Crippen molar-refractivity contribution in [1.29, 1.82) is 0 Å². The fourth-order valence-corrected chi connectivity index (χ4v) is 3.63. The minimum absolute atomic E-state index is 0.0255. The molecule has 0 amide bonds. The van der Waals surface area contributed by atoms with Gasteiger partial charge in [0.1, 0.15) is 25.1 Å². The summed E-state index contributed by atoms with van der Waals surface area (Å²) in [5.74, 6) is 1.20. The minimum atomic E-state index is -0.925. The van der Waals surface area contributed by atoms with Crippen LogP contribution in [-0.4, -0.2) is 36.1 Å². The van der Waals surface area contributed by atoms with Crippen LogP contribution < -0.4 is 4.74 Å². The molecule has 0 saturated carbocycles. The molecule has 0 radical (unpaired) electrons. The number of aliphatic hydroxyl groups excluding tert-OH is 1. The number of hydrogen-bond acceptors (Lipinski definition) is 5. The highest BCUT2D eigenvalue weighted by Gasteiger charge is 2.14. The number of carbonyl (C=O) groups excluding carboxylic acids is 1. The summed E-state index contributed by atoms with van der Waals surface area (Å²) >= 11 is 1.77. The van der Waals surface area contributed by atoms with Crippen LogP contribution in [0.3, 0.4) is 0 Å². The van der Waals surface area contributed by atoms with Crippen LogP contribution in [0.5, 0.6) is 5.75 Å². The summed E-state index contributed by atoms with van der Waals surface area (Å²) in [6.07, 6.45) is -0.925. The molecule has 0 aromatic heterocycles. The van der Waals surface area contributed by atoms with Crippen LogP contribution in [0.25, 0.3) is 21.5 Å². The Morgan fingerprint density at radius 3 is 2.61 bits per heavy atom. The van der Waals surface area contributed by atoms with Crippen molar-refractivity contribution in [3.05, 3.63) is 60.7 Å². The van der Waals surface area contributed by atoms with E-state index in [1.54, 1.807) is 18.7 Å². The largest absolute Gasteiger partial charge is 0.489 e. The van der Waals surface area contributed by atoms with Gasteiger partial charge in [0.05, 0.1) is 0 Å². The van der Waals surface area contributed by atoms with Gasteiger partial charge in [0.2, 0.25) is 0 Å². The monoisotopic (exact) mass is 396 g/mol. The van der Waals surface area contributed by atoms with E-state index in [0.717, 1.165) is 33.0 Å². The summed E-state index contributed by atoms with van der Waals surface area (Å²) in [6, 6.07) is 16.5. The Bertz CT molecular complexity index is 1010. The third-order valence-electron chi connectivity index (χ3n) is 4.27. The van der Waals surface area contributed by atoms with Crippen molar-refractivity contribution in [2.75, 3.05) is 19.0 Å². The molecule has 0 aliphatic rings. The second-order valence-corrected chi connectivity index (χ2v) is 7.92. The summed E-state index contributed by atoms with van der Waals surface area (Å²) in [5.41, 5.74) is 0.300. The summed E-state index contributed by atoms with van der Waals surface area (Å²) in [5, 5.41) is 14.3. The summed E-state index contributed by atoms with van der Waals surface area (Å²) in [7, 11) is 0. The van der Waals surface area contributed by atoms with Gasteiger partial charge in [-0.3, -0.25) is 0 Å². The normalized spacial score (nSPS) is 12.1. The molecule has 3 rings (SSSR count). The molecule has 0 fully saturated rings. The molecule has 0 bridgehead atoms. The highest BCUT2D eigenvalue weighted by molar-refractivity contribution is 7.99. The predicted molar refractivity (Wildman–Crippen MR) is 115 cm³/mol. The molecule has 0 heterocycles. The first-order valence-electron chi connectivity index (χ1n) is 9.21. The number of ether oxygens (including phenoxy) is 2. The molecule has 1 atom stereocenters. The smallest absolute Gasteiger partial charge is 0.333 e. The summed E-state index contributed by atoms with van der Waals surface area (Å²) < 4.78 is 11.1. The van der Waals surface area contributed by atoms with Crippen LogP contribution >= 0.6 is 11.8 Å². The Morgan fingerprint density at radius 2 is 1.86 bits per heavy atom. The number of esters is 1. The maximum atomic E-state index is 11.5. The lowest BCUT2D eigenvalue weighted by Crippen LogP contribution is -2.25. The van der Waals surface area contributed by atoms with Crippen LogP contribution in [-0.2, 0) is 9.53 Å². The Balaban J connectivity index is 1.89. The molecule has 4 nitrogen and oxygen atoms in total. The van der Waals surface area contributed by atoms with E-state index in [-0.39, 0.29) is 13.2 Å². The van der Waals surface area contributed by atoms with Gasteiger partial charge in [-0.15, -0.1) is 11.8 Å². The number of fused-ring (bicyclic) bond motifs is 2. The van der Waals surface area contributed by atoms with E-state index in [2.05, 4.69) is 37.8 Å². The van der Waals surface area contributed by atoms with Crippen LogP contribution in [0.4, 0.5) is 0 Å². The van der Waals surface area contributed by atoms with Gasteiger partial charge < -0.3 is 14.6 Å². The SMILES string of the molecule is C=C(C)C(=O)OCC(O)COc1c2ccccc2cc2ccc(SCC)cc12. The second kappa shape index (κ2) is 9.13. The molecule has 0 saturated heterocycles. The molecule has 0 aliphatic carbocycles. The molecule has 3 aromatic carbocycles. The van der Waals surface area contributed by atoms with Gasteiger partial charge in [0, 0.05) is 21.2 Å². The van der Waals surface area contributed by atoms with Crippen molar-refractivity contribution in [3.8, 4) is 5.75 Å². The predicted octanol–water partition coefficient (Wildman–Crippen LogP) is 4.96. The highest BCUT2D eigenvalue weighted by Crippen LogP contribution is 2.37. The van der Waals surface area contributed by atoms with Crippen molar-refractivity contribution in [2.24, 2.45) is 0 Å². The van der Waals surface area contributed by atoms with Gasteiger partial charge in [-0.05, 0) is 41.6 Å². The molecule has 3 aromatic rings. The van der Waals surface area contributed by atoms with Gasteiger partial charge in [-0.2, -0.15) is 0 Å². The quantitative estimate of drug-likeness (QED) is 0.252. The third kappa shape index (κ3) is 4.66. The van der Waals surface area contributed by atoms with Crippen LogP contribution in [0.15, 0.2) is 65.6 Å². The van der Waals surface area contributed by atoms with Gasteiger partial charge >= 0.3 is 5.97 Å². The fraction of sp³-hybridized carbons (Fsp3) is 0.261. The lowest BCUT2D eigenvalue weighted by atomic mass is 10.0. The molecular formula is C23H24O4S. The number of benzene rings is 3. The van der Waals surface area contributed by atoms with E-state index in [9.17, 15) is 9.90 Å². The molecule has 146 valence electrons. The second-order valence-electron chi connectivity index (χ2n) is 6.59. The van der Waals surface area contributed by atoms with E-state index in [0.29, 0.717) is 5.57 Å². The average Bonchev–Trinajstić information content (AvgIpc) is 2.69. The van der Waals surface area contributed by atoms with Gasteiger partial charge in [-0.1, -0.05) is 43.8 Å². The topological polar surface area (TPSA) is 55.8 Å². The van der Waals surface area contributed by atoms with E-state index in [1.807, 2.05) is 24.3 Å². The van der Waals surface area contributed by atoms with Gasteiger partial charge in [-0.25, -0.2) is 4.79 Å². The van der Waals surface area contributed by atoms with Crippen molar-refractivity contribution in [1.82, 2.24) is 0 Å². The molecule has 0 spiro atoms. The van der Waals surface area contributed by atoms with Crippen molar-refractivity contribution in [3.63, 3.8) is 0 Å². The zero-order chi connectivity index (χ0) is 20.1. The van der Waals surface area contributed by atoms with Crippen molar-refractivity contribution < 1.29 is 19.4 Å². The van der Waals surface area contributed by atoms with Gasteiger partial charge in [0.15, 0.2) is 0 Å². The zero-order valence-electron chi connectivity index (χ0n) is 16.1. The maximum Gasteiger partial charge on any atom is 0.333 e. The fourth-order valence-electron chi connectivity index (χ4n) is 2.93. The standard InChI is InChI=1S/C23H24O4S/c1-4-28-19-10-9-17-11-16-7-5-6-8-20(16)22(21(17)12-19)26-13-18(24)14-27-23(25)15(2)3/h5-12,18,24H,2,4,13-14H2,1,3H3. The average molecular weight is 397 g/mol. The first-order chi connectivity index (χ1) is 13.5. The number of rotatable bonds is 8. The first-order valence-corrected chi connectivity index (χ1v) is 10.2. The van der Waals surface area contributed by atoms with E-state index in [1.165, 1.54) is 4.90 Å². The van der Waals surface area contributed by atoms with Crippen LogP contribution in [0.2, 0.25) is 0 Å². The number of thioether (sulfide) groups is 1. The Morgan fingerprint density at radius 1 is 1.11 bits per heavy atom. The summed E-state index contributed by atoms with van der Waals surface area (Å²) in [6.45, 7) is 7.11. The van der Waals surface area contributed by atoms with E-state index < -0.39 is 12.1 Å². The van der Waals surface area contributed by atoms with Crippen molar-refractivity contribution >= 4 is 39.3 Å². The lowest BCUT2D eigenvalue weighted by molar-refractivity contribution is -0.142. The lowest BCUT2D eigenvalue weighted by Gasteiger charge is -2.17. The molecule has 1 unspecified atom stereocenters. The highest BCUT2D eigenvalue weighted by atomic mass is 32.2. The molecular weight excluding hydrogens is 372 g/mol. The van der Waals surface area contributed by atoms with Crippen LogP contribution in [0.1, 0.15) is 13.8 Å². The first kappa shape index (κ1) is 20.2. The zero-order valence-corrected chi connectivity index (χ0v) is 16.9. The molecule has 5 heteroatoms. The Hall–Kier alpha value is -2.50. The molecule has 1 N–H and O–H groups in total. The maximum absolute atomic E-state index is 11.5. The number of aliphatic hydroxyl groups is 1. The minimum Gasteiger partial charge on any atom is -0.489 e. The third-order valence-corrected chi connectivity index (χ3v) is 5.15. The Labute approximate surface area is 169 Å².